The van der Waals surface area contributed by atoms with Gasteiger partial charge < -0.3 is 10.2 Å². The number of nitrogens with one attached hydrogen (secondary N) is 1. The summed E-state index contributed by atoms with van der Waals surface area (Å²) < 4.78 is 0. The van der Waals surface area contributed by atoms with E-state index < -0.39 is 5.54 Å². The second kappa shape index (κ2) is 5.76. The Morgan fingerprint density at radius 3 is 2.65 bits per heavy atom. The fourth-order valence-corrected chi connectivity index (χ4v) is 2.92. The molecule has 0 saturated carbocycles. The maximum atomic E-state index is 12.4. The van der Waals surface area contributed by atoms with Crippen LogP contribution in [-0.2, 0) is 9.59 Å². The van der Waals surface area contributed by atoms with Gasteiger partial charge in [0, 0.05) is 24.8 Å². The number of hydrogen-bond acceptors (Lipinski definition) is 3. The summed E-state index contributed by atoms with van der Waals surface area (Å²) in [6, 6.07) is 0.226. The predicted octanol–water partition coefficient (Wildman–Crippen LogP) is 1.26. The van der Waals surface area contributed by atoms with Crippen molar-refractivity contribution in [3.8, 4) is 0 Å². The molecule has 98 valence electrons. The molecule has 17 heavy (non-hydrogen) atoms. The third-order valence-electron chi connectivity index (χ3n) is 3.10. The molecule has 5 heteroatoms. The molecule has 1 rings (SSSR count). The lowest BCUT2D eigenvalue weighted by molar-refractivity contribution is -0.139. The van der Waals surface area contributed by atoms with Crippen LogP contribution in [0.2, 0.25) is 0 Å². The summed E-state index contributed by atoms with van der Waals surface area (Å²) in [5, 5.41) is 2.78. The Morgan fingerprint density at radius 1 is 1.47 bits per heavy atom. The molecule has 1 unspecified atom stereocenters. The maximum Gasteiger partial charge on any atom is 0.248 e. The Bertz CT molecular complexity index is 305. The van der Waals surface area contributed by atoms with Crippen LogP contribution in [0.4, 0.5) is 0 Å². The standard InChI is InChI=1S/C12H22N2O2S/c1-5-9(8-17-4)14-7-6-10(15)13-12(2,3)11(14)16/h9H,5-8H2,1-4H3,(H,13,15). The first-order valence-corrected chi connectivity index (χ1v) is 7.42. The lowest BCUT2D eigenvalue weighted by atomic mass is 10.0. The van der Waals surface area contributed by atoms with E-state index in [1.165, 1.54) is 0 Å². The lowest BCUT2D eigenvalue weighted by Crippen LogP contribution is -2.55. The zero-order valence-electron chi connectivity index (χ0n) is 11.1. The molecule has 0 radical (unpaired) electrons. The third-order valence-corrected chi connectivity index (χ3v) is 3.82. The molecule has 1 atom stereocenters. The van der Waals surface area contributed by atoms with Crippen LogP contribution in [0.5, 0.6) is 0 Å². The summed E-state index contributed by atoms with van der Waals surface area (Å²) in [6.45, 7) is 6.17. The van der Waals surface area contributed by atoms with Crippen molar-refractivity contribution in [2.45, 2.75) is 45.2 Å². The van der Waals surface area contributed by atoms with Gasteiger partial charge in [0.2, 0.25) is 11.8 Å². The first-order valence-electron chi connectivity index (χ1n) is 6.03. The highest BCUT2D eigenvalue weighted by Crippen LogP contribution is 2.19. The predicted molar refractivity (Wildman–Crippen MR) is 71.0 cm³/mol. The van der Waals surface area contributed by atoms with Gasteiger partial charge in [-0.05, 0) is 26.5 Å². The van der Waals surface area contributed by atoms with Crippen LogP contribution in [0.15, 0.2) is 0 Å². The van der Waals surface area contributed by atoms with Crippen molar-refractivity contribution in [3.63, 3.8) is 0 Å². The molecule has 1 saturated heterocycles. The topological polar surface area (TPSA) is 49.4 Å². The Morgan fingerprint density at radius 2 is 2.12 bits per heavy atom. The van der Waals surface area contributed by atoms with E-state index in [0.717, 1.165) is 12.2 Å². The molecule has 1 aliphatic heterocycles. The highest BCUT2D eigenvalue weighted by molar-refractivity contribution is 7.98. The highest BCUT2D eigenvalue weighted by atomic mass is 32.2. The van der Waals surface area contributed by atoms with E-state index in [0.29, 0.717) is 13.0 Å². The van der Waals surface area contributed by atoms with Crippen LogP contribution < -0.4 is 5.32 Å². The summed E-state index contributed by atoms with van der Waals surface area (Å²) in [5.41, 5.74) is -0.778. The van der Waals surface area contributed by atoms with Crippen LogP contribution in [-0.4, -0.2) is 46.8 Å². The maximum absolute atomic E-state index is 12.4. The summed E-state index contributed by atoms with van der Waals surface area (Å²) in [6.07, 6.45) is 3.37. The molecular formula is C12H22N2O2S. The van der Waals surface area contributed by atoms with Crippen LogP contribution in [0.1, 0.15) is 33.6 Å². The SMILES string of the molecule is CCC(CSC)N1CCC(=O)NC(C)(C)C1=O. The fraction of sp³-hybridized carbons (Fsp3) is 0.833. The summed E-state index contributed by atoms with van der Waals surface area (Å²) in [5.74, 6) is 0.918. The van der Waals surface area contributed by atoms with Gasteiger partial charge in [0.15, 0.2) is 0 Å². The van der Waals surface area contributed by atoms with Gasteiger partial charge in [0.05, 0.1) is 0 Å². The van der Waals surface area contributed by atoms with Crippen molar-refractivity contribution in [3.05, 3.63) is 0 Å². The van der Waals surface area contributed by atoms with Crippen molar-refractivity contribution in [2.75, 3.05) is 18.6 Å². The van der Waals surface area contributed by atoms with Gasteiger partial charge in [-0.3, -0.25) is 9.59 Å². The van der Waals surface area contributed by atoms with Crippen molar-refractivity contribution in [2.24, 2.45) is 0 Å². The molecule has 1 N–H and O–H groups in total. The Kier molecular flexibility index (Phi) is 4.86. The van der Waals surface area contributed by atoms with E-state index in [-0.39, 0.29) is 17.9 Å². The Hall–Kier alpha value is -0.710. The third kappa shape index (κ3) is 3.37. The fourth-order valence-electron chi connectivity index (χ4n) is 2.12. The van der Waals surface area contributed by atoms with Gasteiger partial charge >= 0.3 is 0 Å². The number of thioether (sulfide) groups is 1. The molecule has 1 heterocycles. The highest BCUT2D eigenvalue weighted by Gasteiger charge is 2.38. The normalized spacial score (nSPS) is 22.0. The van der Waals surface area contributed by atoms with Gasteiger partial charge in [-0.2, -0.15) is 11.8 Å². The minimum atomic E-state index is -0.778. The molecule has 2 amide bonds. The van der Waals surface area contributed by atoms with E-state index in [1.807, 2.05) is 11.2 Å². The second-order valence-electron chi connectivity index (χ2n) is 4.94. The van der Waals surface area contributed by atoms with E-state index in [4.69, 9.17) is 0 Å². The molecule has 1 aliphatic rings. The summed E-state index contributed by atoms with van der Waals surface area (Å²) >= 11 is 1.74. The number of hydrogen-bond donors (Lipinski definition) is 1. The van der Waals surface area contributed by atoms with E-state index >= 15 is 0 Å². The summed E-state index contributed by atoms with van der Waals surface area (Å²) in [7, 11) is 0. The zero-order chi connectivity index (χ0) is 13.1. The molecule has 0 bridgehead atoms. The number of carbonyl (C=O) groups is 2. The monoisotopic (exact) mass is 258 g/mol. The molecular weight excluding hydrogens is 236 g/mol. The number of nitrogens with zero attached hydrogens (tertiary/aromatic N) is 1. The van der Waals surface area contributed by atoms with Crippen LogP contribution in [0, 0.1) is 0 Å². The van der Waals surface area contributed by atoms with E-state index in [2.05, 4.69) is 12.2 Å². The molecule has 0 aliphatic carbocycles. The quantitative estimate of drug-likeness (QED) is 0.826. The first-order chi connectivity index (χ1) is 7.92. The molecule has 4 nitrogen and oxygen atoms in total. The van der Waals surface area contributed by atoms with Gasteiger partial charge in [-0.15, -0.1) is 0 Å². The van der Waals surface area contributed by atoms with Crippen molar-refractivity contribution < 1.29 is 9.59 Å². The molecule has 0 aromatic heterocycles. The van der Waals surface area contributed by atoms with E-state index in [9.17, 15) is 9.59 Å². The van der Waals surface area contributed by atoms with Crippen molar-refractivity contribution >= 4 is 23.6 Å². The smallest absolute Gasteiger partial charge is 0.248 e. The second-order valence-corrected chi connectivity index (χ2v) is 5.85. The van der Waals surface area contributed by atoms with Gasteiger partial charge in [0.1, 0.15) is 5.54 Å². The minimum Gasteiger partial charge on any atom is -0.342 e. The zero-order valence-corrected chi connectivity index (χ0v) is 11.9. The number of amides is 2. The van der Waals surface area contributed by atoms with Crippen molar-refractivity contribution in [1.82, 2.24) is 10.2 Å². The molecule has 0 aromatic rings. The first kappa shape index (κ1) is 14.4. The van der Waals surface area contributed by atoms with Crippen molar-refractivity contribution in [1.29, 1.82) is 0 Å². The average molecular weight is 258 g/mol. The molecule has 1 fully saturated rings. The number of carbonyl (C=O) groups excluding carboxylic acids is 2. The Labute approximate surface area is 108 Å². The molecule has 0 aromatic carbocycles. The van der Waals surface area contributed by atoms with Gasteiger partial charge in [-0.25, -0.2) is 0 Å². The number of rotatable bonds is 4. The van der Waals surface area contributed by atoms with Crippen LogP contribution >= 0.6 is 11.8 Å². The largest absolute Gasteiger partial charge is 0.342 e. The molecule has 0 spiro atoms. The van der Waals surface area contributed by atoms with Gasteiger partial charge in [0.25, 0.3) is 0 Å². The van der Waals surface area contributed by atoms with Crippen LogP contribution in [0.25, 0.3) is 0 Å². The Balaban J connectivity index is 2.89. The summed E-state index contributed by atoms with van der Waals surface area (Å²) in [4.78, 5) is 25.8. The minimum absolute atomic E-state index is 0.0317. The average Bonchev–Trinajstić information content (AvgIpc) is 2.35. The van der Waals surface area contributed by atoms with Gasteiger partial charge in [-0.1, -0.05) is 6.92 Å². The van der Waals surface area contributed by atoms with E-state index in [1.54, 1.807) is 25.6 Å². The lowest BCUT2D eigenvalue weighted by Gasteiger charge is -2.34. The van der Waals surface area contributed by atoms with Crippen LogP contribution in [0.3, 0.4) is 0 Å².